The Morgan fingerprint density at radius 3 is 2.75 bits per heavy atom. The molecular formula is C19H20N2O3. The number of urea groups is 1. The molecule has 2 fully saturated rings. The maximum Gasteiger partial charge on any atom is 0.325 e. The molecule has 0 radical (unpaired) electrons. The fourth-order valence-electron chi connectivity index (χ4n) is 3.55. The minimum absolute atomic E-state index is 0.0429. The molecule has 1 N–H and O–H groups in total. The molecule has 2 aliphatic heterocycles. The van der Waals surface area contributed by atoms with Crippen LogP contribution in [-0.2, 0) is 15.1 Å². The van der Waals surface area contributed by atoms with Crippen LogP contribution in [0.2, 0.25) is 0 Å². The zero-order valence-corrected chi connectivity index (χ0v) is 13.6. The Morgan fingerprint density at radius 1 is 1.21 bits per heavy atom. The van der Waals surface area contributed by atoms with E-state index in [9.17, 15) is 9.59 Å². The van der Waals surface area contributed by atoms with Crippen molar-refractivity contribution in [3.05, 3.63) is 48.0 Å². The van der Waals surface area contributed by atoms with Crippen LogP contribution in [0.25, 0.3) is 10.8 Å². The number of nitrogens with zero attached hydrogens (tertiary/aromatic N) is 1. The van der Waals surface area contributed by atoms with E-state index in [1.54, 1.807) is 6.92 Å². The molecule has 2 saturated heterocycles. The highest BCUT2D eigenvalue weighted by Crippen LogP contribution is 2.31. The van der Waals surface area contributed by atoms with Crippen molar-refractivity contribution in [2.24, 2.45) is 0 Å². The third-order valence-electron chi connectivity index (χ3n) is 5.01. The zero-order chi connectivity index (χ0) is 16.7. The van der Waals surface area contributed by atoms with Crippen LogP contribution in [-0.4, -0.2) is 36.1 Å². The molecule has 0 saturated carbocycles. The Kier molecular flexibility index (Phi) is 3.53. The van der Waals surface area contributed by atoms with E-state index >= 15 is 0 Å². The zero-order valence-electron chi connectivity index (χ0n) is 13.6. The average molecular weight is 324 g/mol. The number of nitrogens with one attached hydrogen (secondary N) is 1. The fraction of sp³-hybridized carbons (Fsp3) is 0.368. The Labute approximate surface area is 140 Å². The van der Waals surface area contributed by atoms with E-state index in [0.29, 0.717) is 13.2 Å². The summed E-state index contributed by atoms with van der Waals surface area (Å²) in [5.41, 5.74) is -0.228. The van der Waals surface area contributed by atoms with Gasteiger partial charge in [-0.25, -0.2) is 4.79 Å². The van der Waals surface area contributed by atoms with Crippen molar-refractivity contribution in [3.63, 3.8) is 0 Å². The SMILES string of the molecule is C[C@@]1(c2ccc3ccccc3c2)NC(=O)N(C[C@@H]2CCCO2)C1=O. The number of ether oxygens (including phenoxy) is 1. The molecule has 0 bridgehead atoms. The topological polar surface area (TPSA) is 58.6 Å². The monoisotopic (exact) mass is 324 g/mol. The summed E-state index contributed by atoms with van der Waals surface area (Å²) < 4.78 is 5.57. The molecule has 2 heterocycles. The van der Waals surface area contributed by atoms with Crippen LogP contribution >= 0.6 is 0 Å². The van der Waals surface area contributed by atoms with Crippen LogP contribution in [0.1, 0.15) is 25.3 Å². The number of fused-ring (bicyclic) bond motifs is 1. The lowest BCUT2D eigenvalue weighted by Crippen LogP contribution is -2.42. The van der Waals surface area contributed by atoms with Gasteiger partial charge in [0.05, 0.1) is 12.6 Å². The Hall–Kier alpha value is -2.40. The Balaban J connectivity index is 1.65. The second-order valence-electron chi connectivity index (χ2n) is 6.67. The Morgan fingerprint density at radius 2 is 2.00 bits per heavy atom. The molecule has 3 amide bonds. The molecule has 124 valence electrons. The van der Waals surface area contributed by atoms with E-state index in [2.05, 4.69) is 5.32 Å². The lowest BCUT2D eigenvalue weighted by atomic mass is 9.90. The van der Waals surface area contributed by atoms with Crippen LogP contribution in [0, 0.1) is 0 Å². The summed E-state index contributed by atoms with van der Waals surface area (Å²) in [7, 11) is 0. The number of imide groups is 1. The third kappa shape index (κ3) is 2.36. The van der Waals surface area contributed by atoms with Gasteiger partial charge in [0.25, 0.3) is 5.91 Å². The molecule has 0 spiro atoms. The summed E-state index contributed by atoms with van der Waals surface area (Å²) in [5, 5.41) is 5.03. The van der Waals surface area contributed by atoms with Gasteiger partial charge in [0, 0.05) is 6.61 Å². The quantitative estimate of drug-likeness (QED) is 0.883. The van der Waals surface area contributed by atoms with Crippen LogP contribution in [0.4, 0.5) is 4.79 Å². The van der Waals surface area contributed by atoms with Crippen LogP contribution in [0.3, 0.4) is 0 Å². The molecule has 0 aromatic heterocycles. The number of hydrogen-bond acceptors (Lipinski definition) is 3. The lowest BCUT2D eigenvalue weighted by Gasteiger charge is -2.23. The van der Waals surface area contributed by atoms with Gasteiger partial charge in [0.1, 0.15) is 5.54 Å². The first-order chi connectivity index (χ1) is 11.6. The largest absolute Gasteiger partial charge is 0.376 e. The standard InChI is InChI=1S/C19H20N2O3/c1-19(15-9-8-13-5-2-3-6-14(13)11-15)17(22)21(18(23)20-19)12-16-7-4-10-24-16/h2-3,5-6,8-9,11,16H,4,7,10,12H2,1H3,(H,20,23)/t16-,19-/m0/s1. The number of benzene rings is 2. The van der Waals surface area contributed by atoms with Crippen molar-refractivity contribution in [1.29, 1.82) is 0 Å². The summed E-state index contributed by atoms with van der Waals surface area (Å²) in [4.78, 5) is 26.6. The smallest absolute Gasteiger partial charge is 0.325 e. The summed E-state index contributed by atoms with van der Waals surface area (Å²) in [6.07, 6.45) is 1.83. The van der Waals surface area contributed by atoms with Crippen molar-refractivity contribution < 1.29 is 14.3 Å². The highest BCUT2D eigenvalue weighted by atomic mass is 16.5. The molecule has 4 rings (SSSR count). The van der Waals surface area contributed by atoms with E-state index in [0.717, 1.165) is 29.2 Å². The second-order valence-corrected chi connectivity index (χ2v) is 6.67. The van der Waals surface area contributed by atoms with Gasteiger partial charge in [-0.15, -0.1) is 0 Å². The van der Waals surface area contributed by atoms with Gasteiger partial charge >= 0.3 is 6.03 Å². The van der Waals surface area contributed by atoms with Crippen LogP contribution in [0.15, 0.2) is 42.5 Å². The van der Waals surface area contributed by atoms with Gasteiger partial charge in [0.15, 0.2) is 0 Å². The summed E-state index contributed by atoms with van der Waals surface area (Å²) in [6, 6.07) is 13.5. The molecule has 2 aromatic rings. The van der Waals surface area contributed by atoms with E-state index in [4.69, 9.17) is 4.74 Å². The molecule has 2 aromatic carbocycles. The molecular weight excluding hydrogens is 304 g/mol. The van der Waals surface area contributed by atoms with Crippen molar-refractivity contribution in [1.82, 2.24) is 10.2 Å². The highest BCUT2D eigenvalue weighted by Gasteiger charge is 2.49. The summed E-state index contributed by atoms with van der Waals surface area (Å²) >= 11 is 0. The van der Waals surface area contributed by atoms with Gasteiger partial charge < -0.3 is 10.1 Å². The number of rotatable bonds is 3. The molecule has 2 aliphatic rings. The summed E-state index contributed by atoms with van der Waals surface area (Å²) in [5.74, 6) is -0.210. The van der Waals surface area contributed by atoms with E-state index in [1.807, 2.05) is 42.5 Å². The molecule has 5 nitrogen and oxygen atoms in total. The maximum absolute atomic E-state index is 12.9. The number of carbonyl (C=O) groups is 2. The van der Waals surface area contributed by atoms with Gasteiger partial charge in [-0.05, 0) is 42.2 Å². The van der Waals surface area contributed by atoms with Crippen molar-refractivity contribution in [2.45, 2.75) is 31.4 Å². The Bertz CT molecular complexity index is 813. The summed E-state index contributed by atoms with van der Waals surface area (Å²) in [6.45, 7) is 2.80. The van der Waals surface area contributed by atoms with Gasteiger partial charge in [0.2, 0.25) is 0 Å². The van der Waals surface area contributed by atoms with Crippen molar-refractivity contribution >= 4 is 22.7 Å². The first-order valence-corrected chi connectivity index (χ1v) is 8.33. The minimum Gasteiger partial charge on any atom is -0.376 e. The first-order valence-electron chi connectivity index (χ1n) is 8.33. The predicted molar refractivity (Wildman–Crippen MR) is 90.5 cm³/mol. The molecule has 2 atom stereocenters. The van der Waals surface area contributed by atoms with Crippen molar-refractivity contribution in [2.75, 3.05) is 13.2 Å². The second kappa shape index (κ2) is 5.60. The van der Waals surface area contributed by atoms with Gasteiger partial charge in [-0.3, -0.25) is 9.69 Å². The van der Waals surface area contributed by atoms with E-state index in [1.165, 1.54) is 4.90 Å². The van der Waals surface area contributed by atoms with Gasteiger partial charge in [-0.1, -0.05) is 36.4 Å². The molecule has 0 unspecified atom stereocenters. The fourth-order valence-corrected chi connectivity index (χ4v) is 3.55. The molecule has 5 heteroatoms. The number of hydrogen-bond donors (Lipinski definition) is 1. The maximum atomic E-state index is 12.9. The first kappa shape index (κ1) is 15.1. The van der Waals surface area contributed by atoms with Gasteiger partial charge in [-0.2, -0.15) is 0 Å². The van der Waals surface area contributed by atoms with E-state index < -0.39 is 5.54 Å². The van der Waals surface area contributed by atoms with Crippen LogP contribution in [0.5, 0.6) is 0 Å². The minimum atomic E-state index is -1.03. The molecule has 0 aliphatic carbocycles. The molecule has 24 heavy (non-hydrogen) atoms. The highest BCUT2D eigenvalue weighted by molar-refractivity contribution is 6.07. The number of carbonyl (C=O) groups excluding carboxylic acids is 2. The predicted octanol–water partition coefficient (Wildman–Crippen LogP) is 2.79. The normalized spacial score (nSPS) is 27.0. The van der Waals surface area contributed by atoms with Crippen LogP contribution < -0.4 is 5.32 Å². The number of amides is 3. The lowest BCUT2D eigenvalue weighted by molar-refractivity contribution is -0.132. The van der Waals surface area contributed by atoms with Crippen molar-refractivity contribution in [3.8, 4) is 0 Å². The van der Waals surface area contributed by atoms with E-state index in [-0.39, 0.29) is 18.0 Å². The third-order valence-corrected chi connectivity index (χ3v) is 5.01. The average Bonchev–Trinajstić information content (AvgIpc) is 3.18.